The Bertz CT molecular complexity index is 691. The molecule has 0 unspecified atom stereocenters. The van der Waals surface area contributed by atoms with E-state index >= 15 is 0 Å². The molecule has 3 N–H and O–H groups in total. The van der Waals surface area contributed by atoms with Crippen LogP contribution in [0.3, 0.4) is 0 Å². The average Bonchev–Trinajstić information content (AvgIpc) is 3.44. The summed E-state index contributed by atoms with van der Waals surface area (Å²) in [5.74, 6) is 1.88. The number of halogens is 2. The van der Waals surface area contributed by atoms with Crippen LogP contribution in [0.15, 0.2) is 18.3 Å². The molecule has 0 spiro atoms. The van der Waals surface area contributed by atoms with Gasteiger partial charge in [-0.05, 0) is 50.3 Å². The Morgan fingerprint density at radius 3 is 2.38 bits per heavy atom. The molecule has 2 atom stereocenters. The van der Waals surface area contributed by atoms with Gasteiger partial charge in [-0.15, -0.1) is 24.8 Å². The topological polar surface area (TPSA) is 91.6 Å². The number of rotatable bonds is 5. The monoisotopic (exact) mass is 443 g/mol. The van der Waals surface area contributed by atoms with Crippen LogP contribution in [0.2, 0.25) is 0 Å². The van der Waals surface area contributed by atoms with E-state index in [0.717, 1.165) is 69.8 Å². The second-order valence-electron chi connectivity index (χ2n) is 8.01. The number of hydrogen-bond acceptors (Lipinski definition) is 5. The SMILES string of the molecule is Cl.Cl.NC[C@H]1CCC[C@H]1C(=O)Nc1ccc(N2CCN(C(=O)C3CC3)CC2)nc1. The molecule has 2 saturated carbocycles. The van der Waals surface area contributed by atoms with Crippen molar-refractivity contribution in [2.75, 3.05) is 42.9 Å². The highest BCUT2D eigenvalue weighted by Gasteiger charge is 2.35. The Balaban J connectivity index is 0.00000150. The number of amides is 2. The Kier molecular flexibility index (Phi) is 8.55. The van der Waals surface area contributed by atoms with Gasteiger partial charge in [0, 0.05) is 38.0 Å². The van der Waals surface area contributed by atoms with Crippen molar-refractivity contribution in [1.82, 2.24) is 9.88 Å². The fraction of sp³-hybridized carbons (Fsp3) is 0.650. The fourth-order valence-corrected chi connectivity index (χ4v) is 4.29. The van der Waals surface area contributed by atoms with E-state index in [9.17, 15) is 9.59 Å². The van der Waals surface area contributed by atoms with E-state index in [1.165, 1.54) is 0 Å². The third-order valence-electron chi connectivity index (χ3n) is 6.16. The lowest BCUT2D eigenvalue weighted by Gasteiger charge is -2.35. The molecular weight excluding hydrogens is 413 g/mol. The largest absolute Gasteiger partial charge is 0.353 e. The van der Waals surface area contributed by atoms with Gasteiger partial charge >= 0.3 is 0 Å². The molecule has 3 fully saturated rings. The number of nitrogens with two attached hydrogens (primary N) is 1. The smallest absolute Gasteiger partial charge is 0.227 e. The van der Waals surface area contributed by atoms with E-state index in [2.05, 4.69) is 15.2 Å². The van der Waals surface area contributed by atoms with Crippen LogP contribution < -0.4 is 16.0 Å². The number of hydrogen-bond donors (Lipinski definition) is 2. The summed E-state index contributed by atoms with van der Waals surface area (Å²) < 4.78 is 0. The third-order valence-corrected chi connectivity index (χ3v) is 6.16. The summed E-state index contributed by atoms with van der Waals surface area (Å²) in [5.41, 5.74) is 6.51. The fourth-order valence-electron chi connectivity index (χ4n) is 4.29. The number of pyridine rings is 1. The molecule has 2 heterocycles. The van der Waals surface area contributed by atoms with Gasteiger partial charge in [0.15, 0.2) is 0 Å². The standard InChI is InChI=1S/C20H29N5O2.2ClH/c21-12-15-2-1-3-17(15)19(26)23-16-6-7-18(22-13-16)24-8-10-25(11-9-24)20(27)14-4-5-14;;/h6-7,13-15,17H,1-5,8-12,21H2,(H,23,26);2*1H/t15-,17-;;/m1../s1. The van der Waals surface area contributed by atoms with Gasteiger partial charge in [0.2, 0.25) is 11.8 Å². The zero-order valence-electron chi connectivity index (χ0n) is 16.6. The minimum Gasteiger partial charge on any atom is -0.353 e. The first-order valence-electron chi connectivity index (χ1n) is 10.2. The normalized spacial score (nSPS) is 23.8. The van der Waals surface area contributed by atoms with E-state index in [0.29, 0.717) is 18.4 Å². The van der Waals surface area contributed by atoms with E-state index in [1.807, 2.05) is 17.0 Å². The van der Waals surface area contributed by atoms with Crippen molar-refractivity contribution in [1.29, 1.82) is 0 Å². The lowest BCUT2D eigenvalue weighted by atomic mass is 9.95. The second kappa shape index (κ2) is 10.5. The van der Waals surface area contributed by atoms with Crippen LogP contribution in [-0.2, 0) is 9.59 Å². The molecule has 29 heavy (non-hydrogen) atoms. The highest BCUT2D eigenvalue weighted by molar-refractivity contribution is 5.92. The van der Waals surface area contributed by atoms with Crippen LogP contribution in [0.1, 0.15) is 32.1 Å². The van der Waals surface area contributed by atoms with Gasteiger partial charge in [0.25, 0.3) is 0 Å². The van der Waals surface area contributed by atoms with Gasteiger partial charge in [-0.1, -0.05) is 6.42 Å². The lowest BCUT2D eigenvalue weighted by Crippen LogP contribution is -2.49. The molecule has 162 valence electrons. The highest BCUT2D eigenvalue weighted by atomic mass is 35.5. The van der Waals surface area contributed by atoms with E-state index < -0.39 is 0 Å². The first-order valence-corrected chi connectivity index (χ1v) is 10.2. The quantitative estimate of drug-likeness (QED) is 0.727. The maximum Gasteiger partial charge on any atom is 0.227 e. The Morgan fingerprint density at radius 1 is 1.07 bits per heavy atom. The van der Waals surface area contributed by atoms with Crippen molar-refractivity contribution < 1.29 is 9.59 Å². The summed E-state index contributed by atoms with van der Waals surface area (Å²) in [4.78, 5) is 33.3. The summed E-state index contributed by atoms with van der Waals surface area (Å²) in [7, 11) is 0. The number of carbonyl (C=O) groups is 2. The first kappa shape index (κ1) is 23.7. The summed E-state index contributed by atoms with van der Waals surface area (Å²) in [6.45, 7) is 3.70. The molecule has 1 aliphatic heterocycles. The Hall–Kier alpha value is -1.57. The molecule has 1 aromatic heterocycles. The van der Waals surface area contributed by atoms with Crippen molar-refractivity contribution >= 4 is 48.1 Å². The molecule has 4 rings (SSSR count). The lowest BCUT2D eigenvalue weighted by molar-refractivity contribution is -0.132. The number of nitrogens with zero attached hydrogens (tertiary/aromatic N) is 3. The molecule has 2 aliphatic carbocycles. The number of nitrogens with one attached hydrogen (secondary N) is 1. The van der Waals surface area contributed by atoms with Gasteiger partial charge in [-0.2, -0.15) is 0 Å². The number of anilines is 2. The minimum absolute atomic E-state index is 0. The maximum absolute atomic E-state index is 12.5. The zero-order chi connectivity index (χ0) is 18.8. The Labute approximate surface area is 184 Å². The van der Waals surface area contributed by atoms with E-state index in [4.69, 9.17) is 5.73 Å². The molecule has 1 saturated heterocycles. The predicted molar refractivity (Wildman–Crippen MR) is 119 cm³/mol. The summed E-state index contributed by atoms with van der Waals surface area (Å²) >= 11 is 0. The molecule has 1 aromatic rings. The van der Waals surface area contributed by atoms with Gasteiger partial charge in [0.05, 0.1) is 11.9 Å². The van der Waals surface area contributed by atoms with E-state index in [1.54, 1.807) is 6.20 Å². The molecule has 3 aliphatic rings. The number of piperazine rings is 1. The molecule has 0 aromatic carbocycles. The molecule has 7 nitrogen and oxygen atoms in total. The van der Waals surface area contributed by atoms with Crippen LogP contribution in [-0.4, -0.2) is 54.4 Å². The molecule has 9 heteroatoms. The van der Waals surface area contributed by atoms with Crippen LogP contribution in [0.4, 0.5) is 11.5 Å². The van der Waals surface area contributed by atoms with Crippen LogP contribution >= 0.6 is 24.8 Å². The van der Waals surface area contributed by atoms with Gasteiger partial charge in [-0.25, -0.2) is 4.98 Å². The van der Waals surface area contributed by atoms with Gasteiger partial charge in [0.1, 0.15) is 5.82 Å². The second-order valence-corrected chi connectivity index (χ2v) is 8.01. The predicted octanol–water partition coefficient (Wildman–Crippen LogP) is 2.30. The van der Waals surface area contributed by atoms with Crippen LogP contribution in [0, 0.1) is 17.8 Å². The summed E-state index contributed by atoms with van der Waals surface area (Å²) in [6.07, 6.45) is 6.87. The van der Waals surface area contributed by atoms with Crippen LogP contribution in [0.5, 0.6) is 0 Å². The van der Waals surface area contributed by atoms with Crippen molar-refractivity contribution in [3.8, 4) is 0 Å². The zero-order valence-corrected chi connectivity index (χ0v) is 18.2. The highest BCUT2D eigenvalue weighted by Crippen LogP contribution is 2.32. The number of carbonyl (C=O) groups excluding carboxylic acids is 2. The van der Waals surface area contributed by atoms with Crippen LogP contribution in [0.25, 0.3) is 0 Å². The van der Waals surface area contributed by atoms with Crippen molar-refractivity contribution in [2.45, 2.75) is 32.1 Å². The maximum atomic E-state index is 12.5. The summed E-state index contributed by atoms with van der Waals surface area (Å²) in [5, 5.41) is 2.99. The molecule has 0 bridgehead atoms. The minimum atomic E-state index is 0. The van der Waals surface area contributed by atoms with Gasteiger partial charge < -0.3 is 20.9 Å². The first-order chi connectivity index (χ1) is 13.2. The molecule has 0 radical (unpaired) electrons. The van der Waals surface area contributed by atoms with Crippen molar-refractivity contribution in [2.24, 2.45) is 23.5 Å². The molecule has 2 amide bonds. The number of aromatic nitrogens is 1. The van der Waals surface area contributed by atoms with Gasteiger partial charge in [-0.3, -0.25) is 9.59 Å². The van der Waals surface area contributed by atoms with E-state index in [-0.39, 0.29) is 42.6 Å². The Morgan fingerprint density at radius 2 is 1.79 bits per heavy atom. The summed E-state index contributed by atoms with van der Waals surface area (Å²) in [6, 6.07) is 3.86. The third kappa shape index (κ3) is 5.53. The molecular formula is C20H31Cl2N5O2. The van der Waals surface area contributed by atoms with Crippen molar-refractivity contribution in [3.63, 3.8) is 0 Å². The average molecular weight is 444 g/mol. The van der Waals surface area contributed by atoms with Crippen molar-refractivity contribution in [3.05, 3.63) is 18.3 Å².